The van der Waals surface area contributed by atoms with E-state index in [1.54, 1.807) is 18.2 Å². The Bertz CT molecular complexity index is 1040. The second-order valence-electron chi connectivity index (χ2n) is 7.34. The molecule has 0 fully saturated rings. The lowest BCUT2D eigenvalue weighted by Gasteiger charge is -2.40. The van der Waals surface area contributed by atoms with E-state index in [0.717, 1.165) is 5.56 Å². The first kappa shape index (κ1) is 18.2. The summed E-state index contributed by atoms with van der Waals surface area (Å²) in [4.78, 5) is 30.6. The monoisotopic (exact) mass is 379 g/mol. The van der Waals surface area contributed by atoms with Crippen LogP contribution in [0.5, 0.6) is 5.88 Å². The van der Waals surface area contributed by atoms with Crippen LogP contribution >= 0.6 is 0 Å². The fourth-order valence-electron chi connectivity index (χ4n) is 3.68. The third kappa shape index (κ3) is 2.93. The minimum atomic E-state index is -1.83. The first-order valence-electron chi connectivity index (χ1n) is 9.16. The summed E-state index contributed by atoms with van der Waals surface area (Å²) >= 11 is 0. The van der Waals surface area contributed by atoms with Gasteiger partial charge in [-0.3, -0.25) is 14.2 Å². The van der Waals surface area contributed by atoms with E-state index in [2.05, 4.69) is 10.3 Å². The van der Waals surface area contributed by atoms with Gasteiger partial charge in [-0.15, -0.1) is 0 Å². The highest BCUT2D eigenvalue weighted by molar-refractivity contribution is 5.82. The number of carbonyl (C=O) groups excluding carboxylic acids is 1. The average Bonchev–Trinajstić information content (AvgIpc) is 2.89. The van der Waals surface area contributed by atoms with Crippen LogP contribution in [0.15, 0.2) is 53.5 Å². The van der Waals surface area contributed by atoms with E-state index < -0.39 is 23.2 Å². The molecule has 2 aliphatic heterocycles. The lowest BCUT2D eigenvalue weighted by Crippen LogP contribution is -2.60. The molecule has 144 valence electrons. The number of ether oxygens (including phenoxy) is 1. The summed E-state index contributed by atoms with van der Waals surface area (Å²) in [5, 5.41) is 14.1. The van der Waals surface area contributed by atoms with E-state index in [1.165, 1.54) is 10.8 Å². The van der Waals surface area contributed by atoms with Crippen molar-refractivity contribution in [1.82, 2.24) is 14.9 Å². The number of amides is 1. The normalized spacial score (nSPS) is 22.9. The highest BCUT2D eigenvalue weighted by Crippen LogP contribution is 2.33. The highest BCUT2D eigenvalue weighted by Gasteiger charge is 2.46. The summed E-state index contributed by atoms with van der Waals surface area (Å²) < 4.78 is 6.78. The van der Waals surface area contributed by atoms with Gasteiger partial charge in [0.25, 0.3) is 5.56 Å². The quantitative estimate of drug-likeness (QED) is 0.849. The van der Waals surface area contributed by atoms with Gasteiger partial charge in [0, 0.05) is 6.42 Å². The molecule has 1 aromatic heterocycles. The van der Waals surface area contributed by atoms with Crippen LogP contribution < -0.4 is 15.6 Å². The van der Waals surface area contributed by atoms with Crippen molar-refractivity contribution in [3.05, 3.63) is 76.1 Å². The molecule has 0 spiro atoms. The number of allylic oxidation sites excluding steroid dienone is 2. The van der Waals surface area contributed by atoms with E-state index in [-0.39, 0.29) is 29.6 Å². The Kier molecular flexibility index (Phi) is 4.39. The summed E-state index contributed by atoms with van der Waals surface area (Å²) in [5.74, 6) is -0.415. The molecule has 0 saturated heterocycles. The van der Waals surface area contributed by atoms with Gasteiger partial charge in [-0.1, -0.05) is 50.3 Å². The van der Waals surface area contributed by atoms with Crippen molar-refractivity contribution in [2.45, 2.75) is 32.0 Å². The average molecular weight is 379 g/mol. The number of benzene rings is 1. The molecule has 0 bridgehead atoms. The number of nitrogens with one attached hydrogen (secondary N) is 1. The number of nitrogens with zero attached hydrogens (tertiary/aromatic N) is 2. The third-order valence-electron chi connectivity index (χ3n) is 4.93. The lowest BCUT2D eigenvalue weighted by molar-refractivity contribution is -0.140. The fourth-order valence-corrected chi connectivity index (χ4v) is 3.68. The second-order valence-corrected chi connectivity index (χ2v) is 7.34. The van der Waals surface area contributed by atoms with Gasteiger partial charge >= 0.3 is 0 Å². The zero-order valence-corrected chi connectivity index (χ0v) is 15.6. The van der Waals surface area contributed by atoms with Crippen molar-refractivity contribution in [3.8, 4) is 5.88 Å². The van der Waals surface area contributed by atoms with Gasteiger partial charge in [-0.25, -0.2) is 0 Å². The first-order valence-corrected chi connectivity index (χ1v) is 9.16. The fraction of sp³-hybridized carbons (Fsp3) is 0.286. The zero-order chi connectivity index (χ0) is 19.9. The van der Waals surface area contributed by atoms with E-state index in [4.69, 9.17) is 4.74 Å². The maximum absolute atomic E-state index is 13.3. The van der Waals surface area contributed by atoms with Gasteiger partial charge in [-0.2, -0.15) is 4.98 Å². The first-order chi connectivity index (χ1) is 13.4. The number of aliphatic hydroxyl groups is 1. The van der Waals surface area contributed by atoms with Crippen molar-refractivity contribution >= 4 is 12.0 Å². The van der Waals surface area contributed by atoms with Crippen LogP contribution in [0.25, 0.3) is 6.08 Å². The molecule has 2 atom stereocenters. The van der Waals surface area contributed by atoms with Gasteiger partial charge in [0.1, 0.15) is 11.6 Å². The summed E-state index contributed by atoms with van der Waals surface area (Å²) in [6.07, 6.45) is 6.40. The van der Waals surface area contributed by atoms with Crippen molar-refractivity contribution in [2.75, 3.05) is 0 Å². The Morgan fingerprint density at radius 3 is 2.71 bits per heavy atom. The van der Waals surface area contributed by atoms with Gasteiger partial charge in [0.05, 0.1) is 6.26 Å². The highest BCUT2D eigenvalue weighted by atomic mass is 16.5. The number of hydrogen-bond acceptors (Lipinski definition) is 5. The minimum Gasteiger partial charge on any atom is -0.446 e. The molecule has 28 heavy (non-hydrogen) atoms. The van der Waals surface area contributed by atoms with E-state index in [1.807, 2.05) is 44.2 Å². The number of rotatable bonds is 3. The molecular weight excluding hydrogens is 358 g/mol. The molecule has 0 aliphatic carbocycles. The van der Waals surface area contributed by atoms with Crippen LogP contribution in [-0.4, -0.2) is 20.6 Å². The second kappa shape index (κ2) is 6.76. The van der Waals surface area contributed by atoms with Crippen LogP contribution in [0.3, 0.4) is 0 Å². The molecule has 2 aliphatic rings. The predicted molar refractivity (Wildman–Crippen MR) is 103 cm³/mol. The molecule has 2 aromatic rings. The van der Waals surface area contributed by atoms with Crippen molar-refractivity contribution in [1.29, 1.82) is 0 Å². The molecule has 0 radical (unpaired) electrons. The van der Waals surface area contributed by atoms with Gasteiger partial charge in [-0.05, 0) is 23.6 Å². The molecule has 2 unspecified atom stereocenters. The third-order valence-corrected chi connectivity index (χ3v) is 4.93. The maximum Gasteiger partial charge on any atom is 0.265 e. The van der Waals surface area contributed by atoms with E-state index in [0.29, 0.717) is 0 Å². The lowest BCUT2D eigenvalue weighted by atomic mass is 9.93. The van der Waals surface area contributed by atoms with Gasteiger partial charge in [0.2, 0.25) is 17.5 Å². The van der Waals surface area contributed by atoms with Crippen LogP contribution in [0.4, 0.5) is 0 Å². The molecule has 1 amide bonds. The molecule has 4 rings (SSSR count). The number of carbonyl (C=O) groups is 1. The molecule has 7 heteroatoms. The molecule has 1 aromatic carbocycles. The number of hydrogen-bond donors (Lipinski definition) is 2. The molecule has 2 N–H and O–H groups in total. The summed E-state index contributed by atoms with van der Waals surface area (Å²) in [6.45, 7) is 3.70. The summed E-state index contributed by atoms with van der Waals surface area (Å²) in [6, 6.07) is 8.46. The van der Waals surface area contributed by atoms with Crippen LogP contribution in [0.2, 0.25) is 0 Å². The Morgan fingerprint density at radius 1 is 1.25 bits per heavy atom. The van der Waals surface area contributed by atoms with Gasteiger partial charge in [0.15, 0.2) is 5.82 Å². The number of aromatic nitrogens is 2. The van der Waals surface area contributed by atoms with Crippen molar-refractivity contribution < 1.29 is 14.6 Å². The molecule has 0 saturated carbocycles. The smallest absolute Gasteiger partial charge is 0.265 e. The van der Waals surface area contributed by atoms with Crippen LogP contribution in [-0.2, 0) is 16.9 Å². The van der Waals surface area contributed by atoms with Gasteiger partial charge < -0.3 is 15.2 Å². The summed E-state index contributed by atoms with van der Waals surface area (Å²) in [5.41, 5.74) is -1.21. The Hall–Kier alpha value is -3.19. The maximum atomic E-state index is 13.3. The van der Waals surface area contributed by atoms with Crippen molar-refractivity contribution in [3.63, 3.8) is 0 Å². The predicted octanol–water partition coefficient (Wildman–Crippen LogP) is 1.88. The Morgan fingerprint density at radius 2 is 2.00 bits per heavy atom. The SMILES string of the molecule is CC(C)C1C(=O)NC(O)(Cc2ccccc2)c2nc3c(c(=O)n21)C=CC=CO3. The summed E-state index contributed by atoms with van der Waals surface area (Å²) in [7, 11) is 0. The number of fused-ring (bicyclic) bond motifs is 2. The molecular formula is C21H21N3O4. The standard InChI is InChI=1S/C21H21N3O4/c1-13(2)16-17(25)23-21(27,12-14-8-4-3-5-9-14)20-22-18-15(19(26)24(16)20)10-6-7-11-28-18/h3-11,13,16,27H,12H2,1-2H3,(H,23,25). The Labute approximate surface area is 162 Å². The van der Waals surface area contributed by atoms with Crippen LogP contribution in [0, 0.1) is 5.92 Å². The van der Waals surface area contributed by atoms with Crippen molar-refractivity contribution in [2.24, 2.45) is 5.92 Å². The Balaban J connectivity index is 1.95. The van der Waals surface area contributed by atoms with E-state index in [9.17, 15) is 14.7 Å². The van der Waals surface area contributed by atoms with Crippen LogP contribution in [0.1, 0.15) is 36.8 Å². The molecule has 7 nitrogen and oxygen atoms in total. The van der Waals surface area contributed by atoms with E-state index >= 15 is 0 Å². The molecule has 3 heterocycles. The largest absolute Gasteiger partial charge is 0.446 e. The topological polar surface area (TPSA) is 93.5 Å². The minimum absolute atomic E-state index is 0.0707. The zero-order valence-electron chi connectivity index (χ0n) is 15.6.